The van der Waals surface area contributed by atoms with Crippen molar-refractivity contribution in [3.05, 3.63) is 189 Å². The minimum atomic E-state index is -0.496. The molecule has 0 fully saturated rings. The first-order valence-corrected chi connectivity index (χ1v) is 30.1. The van der Waals surface area contributed by atoms with Gasteiger partial charge in [0.25, 0.3) is 0 Å². The van der Waals surface area contributed by atoms with E-state index in [-0.39, 0.29) is 11.6 Å². The molecule has 2 unspecified atom stereocenters. The summed E-state index contributed by atoms with van der Waals surface area (Å²) in [6.07, 6.45) is 10.3. The Bertz CT molecular complexity index is 3380. The average Bonchev–Trinajstić information content (AvgIpc) is 3.35. The van der Waals surface area contributed by atoms with E-state index in [1.807, 2.05) is 84.9 Å². The topological polar surface area (TPSA) is 142 Å². The van der Waals surface area contributed by atoms with Crippen molar-refractivity contribution in [3.8, 4) is 23.0 Å². The number of H-pyrrole nitrogens is 2. The third kappa shape index (κ3) is 16.6. The zero-order valence-corrected chi connectivity index (χ0v) is 49.6. The highest BCUT2D eigenvalue weighted by Gasteiger charge is 2.37. The molecule has 2 aromatic heterocycles. The molecule has 2 aliphatic rings. The molecule has 8 aromatic rings. The van der Waals surface area contributed by atoms with E-state index in [4.69, 9.17) is 46.9 Å². The Balaban J connectivity index is 0.000000202. The number of fused-ring (bicyclic) bond motifs is 6. The molecule has 0 aliphatic carbocycles. The Labute approximate surface area is 501 Å². The Hall–Kier alpha value is -7.14. The number of rotatable bonds is 25. The van der Waals surface area contributed by atoms with Gasteiger partial charge in [0, 0.05) is 76.1 Å². The second-order valence-corrected chi connectivity index (χ2v) is 22.5. The molecule has 0 saturated carbocycles. The van der Waals surface area contributed by atoms with E-state index in [1.165, 1.54) is 67.8 Å². The van der Waals surface area contributed by atoms with Crippen LogP contribution in [0.3, 0.4) is 0 Å². The molecule has 13 nitrogen and oxygen atoms in total. The molecule has 4 N–H and O–H groups in total. The van der Waals surface area contributed by atoms with Crippen molar-refractivity contribution in [1.82, 2.24) is 30.4 Å². The van der Waals surface area contributed by atoms with E-state index >= 15 is 0 Å². The highest BCUT2D eigenvalue weighted by molar-refractivity contribution is 6.31. The summed E-state index contributed by atoms with van der Waals surface area (Å²) in [4.78, 5) is 37.4. The highest BCUT2D eigenvalue weighted by Crippen LogP contribution is 2.42. The van der Waals surface area contributed by atoms with Gasteiger partial charge < -0.3 is 44.3 Å². The van der Waals surface area contributed by atoms with Gasteiger partial charge in [-0.2, -0.15) is 0 Å². The lowest BCUT2D eigenvalue weighted by atomic mass is 9.92. The van der Waals surface area contributed by atoms with E-state index in [2.05, 4.69) is 34.4 Å². The van der Waals surface area contributed by atoms with Gasteiger partial charge >= 0.3 is 12.2 Å². The number of hydrogen-bond acceptors (Lipinski definition) is 9. The molecule has 84 heavy (non-hydrogen) atoms. The first kappa shape index (κ1) is 61.4. The number of carbonyl (C=O) groups is 2. The Morgan fingerprint density at radius 2 is 0.952 bits per heavy atom. The molecule has 10 rings (SSSR count). The van der Waals surface area contributed by atoms with E-state index in [1.54, 1.807) is 16.9 Å². The van der Waals surface area contributed by atoms with Crippen LogP contribution < -0.4 is 29.6 Å². The van der Waals surface area contributed by atoms with Crippen molar-refractivity contribution in [2.24, 2.45) is 0 Å². The van der Waals surface area contributed by atoms with Crippen LogP contribution in [0.15, 0.2) is 133 Å². The summed E-state index contributed by atoms with van der Waals surface area (Å²) in [5, 5.41) is 10.3. The van der Waals surface area contributed by atoms with Crippen molar-refractivity contribution < 1.29 is 42.1 Å². The standard InChI is InChI=1S/C34H39ClFN3O4.C33H37ClFN3O3/c1-41-21-6-19-37-18-4-2-3-5-22-42-27-12-7-24(8-13-27)33-32-29(30-23-25(35)9-16-31(30)38-32)17-20-39(33)34(40)43-28-14-10-26(36)11-15-28;1-22(2)36-18-5-3-4-6-20-40-26-12-7-23(8-13-26)32-31-28(29-21-24(34)9-16-30(29)37-31)17-19-38(32)33(39)41-27-14-10-25(35)11-15-27/h7-16,23,33,37-38H,2-6,17-22H2,1H3;7-16,21-22,32,36-37H,3-6,17-20H2,1-2H3. The minimum absolute atomic E-state index is 0.293. The molecule has 0 spiro atoms. The quantitative estimate of drug-likeness (QED) is 0.0411. The summed E-state index contributed by atoms with van der Waals surface area (Å²) in [7, 11) is 1.73. The number of benzene rings is 6. The van der Waals surface area contributed by atoms with Gasteiger partial charge in [-0.3, -0.25) is 9.80 Å². The molecule has 2 atom stereocenters. The first-order valence-electron chi connectivity index (χ1n) is 29.4. The van der Waals surface area contributed by atoms with Crippen molar-refractivity contribution >= 4 is 57.2 Å². The van der Waals surface area contributed by atoms with E-state index in [9.17, 15) is 18.4 Å². The number of amides is 2. The van der Waals surface area contributed by atoms with Crippen molar-refractivity contribution in [1.29, 1.82) is 0 Å². The molecule has 17 heteroatoms. The van der Waals surface area contributed by atoms with Crippen LogP contribution in [0, 0.1) is 11.6 Å². The second-order valence-electron chi connectivity index (χ2n) is 21.6. The largest absolute Gasteiger partial charge is 0.494 e. The molecule has 444 valence electrons. The highest BCUT2D eigenvalue weighted by atomic mass is 35.5. The number of hydrogen-bond donors (Lipinski definition) is 4. The SMILES string of the molecule is CC(C)NCCCCCCOc1ccc(C2c3[nH]c4ccc(Cl)cc4c3CCN2C(=O)Oc2ccc(F)cc2)cc1.COCCCNCCCCCCOc1ccc(C2c3[nH]c4ccc(Cl)cc4c3CCN2C(=O)Oc2ccc(F)cc2)cc1. The number of halogens is 4. The zero-order chi connectivity index (χ0) is 58.8. The summed E-state index contributed by atoms with van der Waals surface area (Å²) in [5.41, 5.74) is 7.95. The van der Waals surface area contributed by atoms with Crippen LogP contribution in [0.25, 0.3) is 21.8 Å². The summed E-state index contributed by atoms with van der Waals surface area (Å²) < 4.78 is 55.2. The van der Waals surface area contributed by atoms with Gasteiger partial charge in [-0.05, 0) is 196 Å². The maximum Gasteiger partial charge on any atom is 0.416 e. The van der Waals surface area contributed by atoms with Crippen LogP contribution in [-0.4, -0.2) is 97.7 Å². The van der Waals surface area contributed by atoms with Gasteiger partial charge in [-0.15, -0.1) is 0 Å². The fraction of sp³-hybridized carbons (Fsp3) is 0.373. The number of unbranched alkanes of at least 4 members (excludes halogenated alkanes) is 6. The number of carbonyl (C=O) groups excluding carboxylic acids is 2. The van der Waals surface area contributed by atoms with Gasteiger partial charge in [0.1, 0.15) is 46.7 Å². The lowest BCUT2D eigenvalue weighted by Gasteiger charge is -2.35. The molecule has 2 aliphatic heterocycles. The Morgan fingerprint density at radius 1 is 0.536 bits per heavy atom. The number of aromatic amines is 2. The number of nitrogens with zero attached hydrogens (tertiary/aromatic N) is 2. The molecule has 2 amide bonds. The van der Waals surface area contributed by atoms with Crippen LogP contribution in [0.2, 0.25) is 10.0 Å². The maximum absolute atomic E-state index is 13.5. The van der Waals surface area contributed by atoms with Crippen LogP contribution in [0.1, 0.15) is 117 Å². The van der Waals surface area contributed by atoms with Gasteiger partial charge in [-0.25, -0.2) is 18.4 Å². The Kier molecular flexibility index (Phi) is 22.4. The van der Waals surface area contributed by atoms with Crippen molar-refractivity contribution in [3.63, 3.8) is 0 Å². The summed E-state index contributed by atoms with van der Waals surface area (Å²) in [5.74, 6) is 1.41. The zero-order valence-electron chi connectivity index (χ0n) is 48.1. The molecule has 0 saturated heterocycles. The lowest BCUT2D eigenvalue weighted by molar-refractivity contribution is 0.134. The Morgan fingerprint density at radius 3 is 1.39 bits per heavy atom. The molecular weight excluding hydrogens is 1110 g/mol. The smallest absolute Gasteiger partial charge is 0.416 e. The molecule has 4 heterocycles. The molecule has 6 aromatic carbocycles. The minimum Gasteiger partial charge on any atom is -0.494 e. The summed E-state index contributed by atoms with van der Waals surface area (Å²) in [6.45, 7) is 10.5. The number of aromatic nitrogens is 2. The molecular formula is C67H76Cl2F2N6O7. The van der Waals surface area contributed by atoms with Gasteiger partial charge in [0.05, 0.1) is 13.2 Å². The molecule has 0 bridgehead atoms. The van der Waals surface area contributed by atoms with Crippen LogP contribution in [0.5, 0.6) is 23.0 Å². The predicted octanol–water partition coefficient (Wildman–Crippen LogP) is 15.7. The third-order valence-corrected chi connectivity index (χ3v) is 15.7. The number of nitrogens with one attached hydrogen (secondary N) is 4. The van der Waals surface area contributed by atoms with E-state index in [0.29, 0.717) is 66.7 Å². The van der Waals surface area contributed by atoms with E-state index < -0.39 is 24.3 Å². The molecule has 0 radical (unpaired) electrons. The number of ether oxygens (including phenoxy) is 5. The second kappa shape index (κ2) is 30.6. The fourth-order valence-corrected chi connectivity index (χ4v) is 11.3. The normalized spacial score (nSPS) is 14.7. The summed E-state index contributed by atoms with van der Waals surface area (Å²) in [6, 6.07) is 38.1. The van der Waals surface area contributed by atoms with Crippen molar-refractivity contribution in [2.45, 2.75) is 103 Å². The van der Waals surface area contributed by atoms with Crippen molar-refractivity contribution in [2.75, 3.05) is 59.7 Å². The predicted molar refractivity (Wildman–Crippen MR) is 329 cm³/mol. The fourth-order valence-electron chi connectivity index (χ4n) is 10.9. The monoisotopic (exact) mass is 1180 g/mol. The van der Waals surface area contributed by atoms with Gasteiger partial charge in [-0.1, -0.05) is 87.0 Å². The maximum atomic E-state index is 13.5. The van der Waals surface area contributed by atoms with Gasteiger partial charge in [0.15, 0.2) is 0 Å². The van der Waals surface area contributed by atoms with Crippen LogP contribution in [-0.2, 0) is 17.6 Å². The van der Waals surface area contributed by atoms with Crippen LogP contribution in [0.4, 0.5) is 18.4 Å². The average molecular weight is 1190 g/mol. The van der Waals surface area contributed by atoms with E-state index in [0.717, 1.165) is 132 Å². The number of methoxy groups -OCH3 is 1. The first-order chi connectivity index (χ1) is 40.9. The lowest BCUT2D eigenvalue weighted by Crippen LogP contribution is -2.42. The van der Waals surface area contributed by atoms with Gasteiger partial charge in [0.2, 0.25) is 0 Å². The summed E-state index contributed by atoms with van der Waals surface area (Å²) >= 11 is 12.7. The van der Waals surface area contributed by atoms with Crippen LogP contribution >= 0.6 is 23.2 Å². The third-order valence-electron chi connectivity index (χ3n) is 15.2.